The Morgan fingerprint density at radius 1 is 1.04 bits per heavy atom. The Balaban J connectivity index is 1.84. The molecule has 8 atom stereocenters. The first kappa shape index (κ1) is 17.5. The number of fused-ring (bicyclic) bond motifs is 3. The zero-order valence-corrected chi connectivity index (χ0v) is 15.4. The summed E-state index contributed by atoms with van der Waals surface area (Å²) in [6.45, 7) is 5.83. The fraction of sp³-hybridized carbons (Fsp3) is 0.900. The highest BCUT2D eigenvalue weighted by atomic mass is 16.4. The van der Waals surface area contributed by atoms with Gasteiger partial charge in [0.15, 0.2) is 0 Å². The third-order valence-electron chi connectivity index (χ3n) is 9.10. The number of carbonyl (C=O) groups is 2. The second kappa shape index (κ2) is 4.86. The van der Waals surface area contributed by atoms with Crippen LogP contribution in [0.1, 0.15) is 65.7 Å². The van der Waals surface area contributed by atoms with Crippen LogP contribution in [0.4, 0.5) is 0 Å². The monoisotopic (exact) mass is 350 g/mol. The van der Waals surface area contributed by atoms with E-state index in [-0.39, 0.29) is 23.0 Å². The van der Waals surface area contributed by atoms with Crippen molar-refractivity contribution in [3.63, 3.8) is 0 Å². The number of aliphatic hydroxyl groups excluding tert-OH is 2. The van der Waals surface area contributed by atoms with Gasteiger partial charge in [0.1, 0.15) is 5.78 Å². The average Bonchev–Trinajstić information content (AvgIpc) is 2.73. The van der Waals surface area contributed by atoms with Gasteiger partial charge in [-0.05, 0) is 57.3 Å². The van der Waals surface area contributed by atoms with Gasteiger partial charge in [0.05, 0.1) is 17.6 Å². The van der Waals surface area contributed by atoms with E-state index in [1.165, 1.54) is 0 Å². The van der Waals surface area contributed by atoms with Gasteiger partial charge in [-0.1, -0.05) is 13.8 Å². The highest BCUT2D eigenvalue weighted by Crippen LogP contribution is 2.72. The largest absolute Gasteiger partial charge is 0.481 e. The second-order valence-electron chi connectivity index (χ2n) is 10.1. The summed E-state index contributed by atoms with van der Waals surface area (Å²) in [6.07, 6.45) is 2.69. The second-order valence-corrected chi connectivity index (χ2v) is 10.1. The van der Waals surface area contributed by atoms with E-state index < -0.39 is 34.4 Å². The first-order valence-electron chi connectivity index (χ1n) is 9.63. The molecule has 0 aromatic carbocycles. The standard InChI is InChI=1S/C20H30O5/c1-17-6-4-11-19(3)12(18(2,16(24)25)7-5-13(19)21)8-14(22)20(11,10-17)9-15(17)23/h11-14,21-22H,4-10H2,1-3H3,(H,24,25)/t11-,12+,13+,14+,17-,18-,19-,20+/m1/s1. The highest BCUT2D eigenvalue weighted by molar-refractivity contribution is 5.88. The molecule has 4 aliphatic carbocycles. The maximum absolute atomic E-state index is 12.7. The van der Waals surface area contributed by atoms with E-state index in [0.717, 1.165) is 12.8 Å². The molecule has 3 N–H and O–H groups in total. The first-order chi connectivity index (χ1) is 11.5. The van der Waals surface area contributed by atoms with Gasteiger partial charge in [0.2, 0.25) is 0 Å². The van der Waals surface area contributed by atoms with Crippen molar-refractivity contribution in [1.29, 1.82) is 0 Å². The molecule has 4 rings (SSSR count). The zero-order valence-electron chi connectivity index (χ0n) is 15.4. The Labute approximate surface area is 148 Å². The smallest absolute Gasteiger partial charge is 0.309 e. The average molecular weight is 350 g/mol. The van der Waals surface area contributed by atoms with Crippen molar-refractivity contribution in [2.75, 3.05) is 0 Å². The van der Waals surface area contributed by atoms with Crippen LogP contribution in [-0.4, -0.2) is 39.3 Å². The lowest BCUT2D eigenvalue weighted by atomic mass is 9.39. The van der Waals surface area contributed by atoms with Crippen LogP contribution in [0.3, 0.4) is 0 Å². The number of rotatable bonds is 1. The predicted molar refractivity (Wildman–Crippen MR) is 90.7 cm³/mol. The maximum Gasteiger partial charge on any atom is 0.309 e. The van der Waals surface area contributed by atoms with Crippen molar-refractivity contribution < 1.29 is 24.9 Å². The quantitative estimate of drug-likeness (QED) is 0.675. The molecule has 4 fully saturated rings. The third kappa shape index (κ3) is 1.86. The topological polar surface area (TPSA) is 94.8 Å². The lowest BCUT2D eigenvalue weighted by Crippen LogP contribution is -2.67. The van der Waals surface area contributed by atoms with E-state index in [0.29, 0.717) is 32.1 Å². The van der Waals surface area contributed by atoms with Crippen molar-refractivity contribution in [1.82, 2.24) is 0 Å². The van der Waals surface area contributed by atoms with E-state index in [1.54, 1.807) is 6.92 Å². The van der Waals surface area contributed by atoms with Crippen molar-refractivity contribution in [3.8, 4) is 0 Å². The molecule has 0 amide bonds. The number of carboxylic acid groups (broad SMARTS) is 1. The molecule has 0 unspecified atom stereocenters. The van der Waals surface area contributed by atoms with Crippen molar-refractivity contribution >= 4 is 11.8 Å². The molecule has 0 aliphatic heterocycles. The van der Waals surface area contributed by atoms with Crippen molar-refractivity contribution in [2.24, 2.45) is 33.5 Å². The maximum atomic E-state index is 12.7. The van der Waals surface area contributed by atoms with E-state index >= 15 is 0 Å². The number of ketones is 1. The molecule has 5 nitrogen and oxygen atoms in total. The van der Waals surface area contributed by atoms with Gasteiger partial charge < -0.3 is 15.3 Å². The summed E-state index contributed by atoms with van der Waals surface area (Å²) in [7, 11) is 0. The predicted octanol–water partition coefficient (Wildman–Crippen LogP) is 2.38. The number of hydrogen-bond donors (Lipinski definition) is 3. The summed E-state index contributed by atoms with van der Waals surface area (Å²) in [6, 6.07) is 0. The Kier molecular flexibility index (Phi) is 3.40. The molecule has 2 bridgehead atoms. The minimum absolute atomic E-state index is 0.00208. The Morgan fingerprint density at radius 3 is 2.36 bits per heavy atom. The molecular weight excluding hydrogens is 320 g/mol. The number of carboxylic acids is 1. The molecule has 5 heteroatoms. The molecular formula is C20H30O5. The van der Waals surface area contributed by atoms with Gasteiger partial charge in [0, 0.05) is 22.7 Å². The number of carbonyl (C=O) groups excluding carboxylic acids is 1. The van der Waals surface area contributed by atoms with E-state index in [2.05, 4.69) is 0 Å². The van der Waals surface area contributed by atoms with E-state index in [1.807, 2.05) is 13.8 Å². The van der Waals surface area contributed by atoms with Gasteiger partial charge >= 0.3 is 5.97 Å². The minimum Gasteiger partial charge on any atom is -0.481 e. The molecule has 0 aromatic heterocycles. The van der Waals surface area contributed by atoms with Crippen LogP contribution in [0.15, 0.2) is 0 Å². The lowest BCUT2D eigenvalue weighted by molar-refractivity contribution is -0.241. The summed E-state index contributed by atoms with van der Waals surface area (Å²) in [5, 5.41) is 32.1. The molecule has 4 saturated carbocycles. The van der Waals surface area contributed by atoms with Crippen LogP contribution >= 0.6 is 0 Å². The highest BCUT2D eigenvalue weighted by Gasteiger charge is 2.72. The fourth-order valence-corrected chi connectivity index (χ4v) is 7.57. The summed E-state index contributed by atoms with van der Waals surface area (Å²) >= 11 is 0. The molecule has 0 heterocycles. The van der Waals surface area contributed by atoms with Crippen molar-refractivity contribution in [2.45, 2.75) is 77.9 Å². The number of aliphatic carboxylic acids is 1. The van der Waals surface area contributed by atoms with Crippen LogP contribution in [0.2, 0.25) is 0 Å². The van der Waals surface area contributed by atoms with Gasteiger partial charge in [-0.2, -0.15) is 0 Å². The van der Waals surface area contributed by atoms with Crippen LogP contribution in [0.5, 0.6) is 0 Å². The Hall–Kier alpha value is -0.940. The number of Topliss-reactive ketones (excluding diaryl/α,β-unsaturated/α-hetero) is 1. The first-order valence-corrected chi connectivity index (χ1v) is 9.63. The Morgan fingerprint density at radius 2 is 1.72 bits per heavy atom. The molecule has 0 radical (unpaired) electrons. The zero-order chi connectivity index (χ0) is 18.4. The third-order valence-corrected chi connectivity index (χ3v) is 9.10. The van der Waals surface area contributed by atoms with E-state index in [4.69, 9.17) is 0 Å². The molecule has 0 saturated heterocycles. The van der Waals surface area contributed by atoms with Crippen LogP contribution in [0, 0.1) is 33.5 Å². The van der Waals surface area contributed by atoms with Crippen LogP contribution < -0.4 is 0 Å². The van der Waals surface area contributed by atoms with E-state index in [9.17, 15) is 24.9 Å². The lowest BCUT2D eigenvalue weighted by Gasteiger charge is -2.66. The molecule has 140 valence electrons. The number of aliphatic hydroxyl groups is 2. The van der Waals surface area contributed by atoms with Crippen molar-refractivity contribution in [3.05, 3.63) is 0 Å². The van der Waals surface area contributed by atoms with Gasteiger partial charge in [-0.15, -0.1) is 0 Å². The van der Waals surface area contributed by atoms with Crippen LogP contribution in [0.25, 0.3) is 0 Å². The molecule has 4 aliphatic rings. The van der Waals surface area contributed by atoms with Gasteiger partial charge in [-0.25, -0.2) is 0 Å². The fourth-order valence-electron chi connectivity index (χ4n) is 7.57. The Bertz CT molecular complexity index is 646. The van der Waals surface area contributed by atoms with Crippen LogP contribution in [-0.2, 0) is 9.59 Å². The summed E-state index contributed by atoms with van der Waals surface area (Å²) < 4.78 is 0. The van der Waals surface area contributed by atoms with Gasteiger partial charge in [-0.3, -0.25) is 9.59 Å². The summed E-state index contributed by atoms with van der Waals surface area (Å²) in [4.78, 5) is 24.8. The summed E-state index contributed by atoms with van der Waals surface area (Å²) in [5.41, 5.74) is -2.32. The minimum atomic E-state index is -0.931. The number of hydrogen-bond acceptors (Lipinski definition) is 4. The molecule has 25 heavy (non-hydrogen) atoms. The summed E-state index contributed by atoms with van der Waals surface area (Å²) in [5.74, 6) is -0.863. The SMILES string of the molecule is C[C@]12CC[C@H]3[C@](CC1=O)(C2)[C@@H](O)C[C@@H]1[C@]3(C)[C@@H](O)CC[C@@]1(C)C(=O)O. The van der Waals surface area contributed by atoms with Gasteiger partial charge in [0.25, 0.3) is 0 Å². The molecule has 1 spiro atoms. The molecule has 0 aromatic rings. The normalized spacial score (nSPS) is 57.7.